The number of hydrogen-bond acceptors (Lipinski definition) is 5. The summed E-state index contributed by atoms with van der Waals surface area (Å²) in [6.45, 7) is 4.66. The van der Waals surface area contributed by atoms with Gasteiger partial charge in [0.1, 0.15) is 5.75 Å². The van der Waals surface area contributed by atoms with Crippen molar-refractivity contribution in [1.29, 1.82) is 0 Å². The highest BCUT2D eigenvalue weighted by Gasteiger charge is 2.23. The van der Waals surface area contributed by atoms with E-state index in [1.807, 2.05) is 13.8 Å². The summed E-state index contributed by atoms with van der Waals surface area (Å²) in [4.78, 5) is 24.7. The first kappa shape index (κ1) is 20.4. The number of carbonyl (C=O) groups is 1. The Bertz CT molecular complexity index is 940. The highest BCUT2D eigenvalue weighted by Crippen LogP contribution is 2.23. The van der Waals surface area contributed by atoms with Gasteiger partial charge in [-0.1, -0.05) is 30.3 Å². The minimum Gasteiger partial charge on any atom is -0.339 e. The average Bonchev–Trinajstić information content (AvgIpc) is 2.62. The third-order valence-electron chi connectivity index (χ3n) is 4.01. The van der Waals surface area contributed by atoms with Gasteiger partial charge in [0.05, 0.1) is 16.2 Å². The molecule has 2 rings (SSSR count). The van der Waals surface area contributed by atoms with Crippen LogP contribution in [0.1, 0.15) is 29.8 Å². The molecule has 1 N–H and O–H groups in total. The molecular formula is C18H21N3O5S. The van der Waals surface area contributed by atoms with Crippen molar-refractivity contribution in [3.63, 3.8) is 0 Å². The van der Waals surface area contributed by atoms with Crippen molar-refractivity contribution in [2.24, 2.45) is 0 Å². The first-order valence-electron chi connectivity index (χ1n) is 8.40. The number of rotatable bonds is 8. The van der Waals surface area contributed by atoms with Crippen LogP contribution < -0.4 is 4.72 Å². The number of para-hydroxylation sites is 2. The monoisotopic (exact) mass is 391 g/mol. The number of benzene rings is 2. The largest absolute Gasteiger partial charge is 0.339 e. The molecule has 0 fully saturated rings. The number of nitro benzene ring substituents is 1. The molecule has 0 saturated carbocycles. The molecule has 0 atom stereocenters. The Balaban J connectivity index is 2.32. The molecule has 0 radical (unpaired) electrons. The Kier molecular flexibility index (Phi) is 6.51. The Morgan fingerprint density at radius 2 is 1.67 bits per heavy atom. The zero-order valence-corrected chi connectivity index (χ0v) is 15.9. The topological polar surface area (TPSA) is 110 Å². The standard InChI is InChI=1S/C18H21N3O5S/c1-3-20(4-2)18(22)15-10-6-7-11-16(15)19-27(25,26)13-14-9-5-8-12-17(14)21(23)24/h5-12,19H,3-4,13H2,1-2H3. The minimum absolute atomic E-state index is 0.0718. The lowest BCUT2D eigenvalue weighted by Gasteiger charge is -2.20. The maximum atomic E-state index is 12.6. The molecule has 2 aromatic rings. The Hall–Kier alpha value is -2.94. The first-order valence-corrected chi connectivity index (χ1v) is 10.0. The number of nitro groups is 1. The molecule has 0 aliphatic heterocycles. The summed E-state index contributed by atoms with van der Waals surface area (Å²) < 4.78 is 27.5. The second kappa shape index (κ2) is 8.63. The van der Waals surface area contributed by atoms with E-state index < -0.39 is 20.7 Å². The first-order chi connectivity index (χ1) is 12.8. The Morgan fingerprint density at radius 1 is 1.07 bits per heavy atom. The van der Waals surface area contributed by atoms with Crippen molar-refractivity contribution in [3.05, 3.63) is 69.8 Å². The fraction of sp³-hybridized carbons (Fsp3) is 0.278. The maximum Gasteiger partial charge on any atom is 0.273 e. The Labute approximate surface area is 158 Å². The molecule has 0 heterocycles. The maximum absolute atomic E-state index is 12.6. The van der Waals surface area contributed by atoms with Crippen molar-refractivity contribution in [2.75, 3.05) is 17.8 Å². The lowest BCUT2D eigenvalue weighted by Crippen LogP contribution is -2.31. The van der Waals surface area contributed by atoms with Gasteiger partial charge in [-0.15, -0.1) is 0 Å². The van der Waals surface area contributed by atoms with Crippen LogP contribution in [0.5, 0.6) is 0 Å². The molecule has 0 saturated heterocycles. The zero-order valence-electron chi connectivity index (χ0n) is 15.1. The number of hydrogen-bond donors (Lipinski definition) is 1. The number of carbonyl (C=O) groups excluding carboxylic acids is 1. The molecule has 1 amide bonds. The van der Waals surface area contributed by atoms with Gasteiger partial charge in [-0.05, 0) is 26.0 Å². The van der Waals surface area contributed by atoms with Crippen molar-refractivity contribution in [1.82, 2.24) is 4.90 Å². The van der Waals surface area contributed by atoms with E-state index in [1.54, 1.807) is 23.1 Å². The van der Waals surface area contributed by atoms with Crippen LogP contribution in [0.3, 0.4) is 0 Å². The molecule has 2 aromatic carbocycles. The van der Waals surface area contributed by atoms with E-state index in [1.165, 1.54) is 30.3 Å². The average molecular weight is 391 g/mol. The van der Waals surface area contributed by atoms with E-state index in [9.17, 15) is 23.3 Å². The molecule has 8 nitrogen and oxygen atoms in total. The lowest BCUT2D eigenvalue weighted by molar-refractivity contribution is -0.385. The van der Waals surface area contributed by atoms with Gasteiger partial charge in [0.15, 0.2) is 0 Å². The normalized spacial score (nSPS) is 11.0. The summed E-state index contributed by atoms with van der Waals surface area (Å²) in [5.41, 5.74) is 0.179. The fourth-order valence-corrected chi connectivity index (χ4v) is 3.90. The number of amides is 1. The van der Waals surface area contributed by atoms with E-state index in [0.717, 1.165) is 0 Å². The lowest BCUT2D eigenvalue weighted by atomic mass is 10.1. The molecule has 144 valence electrons. The van der Waals surface area contributed by atoms with Gasteiger partial charge in [-0.25, -0.2) is 8.42 Å². The quantitative estimate of drug-likeness (QED) is 0.549. The number of sulfonamides is 1. The van der Waals surface area contributed by atoms with E-state index >= 15 is 0 Å². The van der Waals surface area contributed by atoms with Crippen molar-refractivity contribution in [2.45, 2.75) is 19.6 Å². The van der Waals surface area contributed by atoms with Crippen molar-refractivity contribution in [3.8, 4) is 0 Å². The molecule has 27 heavy (non-hydrogen) atoms. The summed E-state index contributed by atoms with van der Waals surface area (Å²) in [5, 5.41) is 11.1. The zero-order chi connectivity index (χ0) is 20.0. The van der Waals surface area contributed by atoms with Crippen LogP contribution in [0, 0.1) is 10.1 Å². The van der Waals surface area contributed by atoms with Crippen LogP contribution in [0.15, 0.2) is 48.5 Å². The fourth-order valence-electron chi connectivity index (χ4n) is 2.66. The number of anilines is 1. The smallest absolute Gasteiger partial charge is 0.273 e. The van der Waals surface area contributed by atoms with E-state index in [0.29, 0.717) is 13.1 Å². The van der Waals surface area contributed by atoms with Gasteiger partial charge in [0.2, 0.25) is 10.0 Å². The molecular weight excluding hydrogens is 370 g/mol. The van der Waals surface area contributed by atoms with Crippen LogP contribution in [0.4, 0.5) is 11.4 Å². The van der Waals surface area contributed by atoms with Crippen LogP contribution in [0.25, 0.3) is 0 Å². The van der Waals surface area contributed by atoms with Crippen LogP contribution in [-0.2, 0) is 15.8 Å². The SMILES string of the molecule is CCN(CC)C(=O)c1ccccc1NS(=O)(=O)Cc1ccccc1[N+](=O)[O-]. The van der Waals surface area contributed by atoms with Gasteiger partial charge in [-0.3, -0.25) is 19.6 Å². The number of nitrogens with zero attached hydrogens (tertiary/aromatic N) is 2. The molecule has 0 aliphatic carbocycles. The van der Waals surface area contributed by atoms with Gasteiger partial charge in [0, 0.05) is 24.7 Å². The van der Waals surface area contributed by atoms with Gasteiger partial charge >= 0.3 is 0 Å². The molecule has 0 bridgehead atoms. The van der Waals surface area contributed by atoms with E-state index in [4.69, 9.17) is 0 Å². The highest BCUT2D eigenvalue weighted by atomic mass is 32.2. The summed E-state index contributed by atoms with van der Waals surface area (Å²) in [5.74, 6) is -0.859. The predicted octanol–water partition coefficient (Wildman–Crippen LogP) is 3.02. The van der Waals surface area contributed by atoms with Crippen LogP contribution in [-0.4, -0.2) is 37.2 Å². The molecule has 0 aromatic heterocycles. The van der Waals surface area contributed by atoms with Gasteiger partial charge in [-0.2, -0.15) is 0 Å². The van der Waals surface area contributed by atoms with E-state index in [-0.39, 0.29) is 28.4 Å². The van der Waals surface area contributed by atoms with E-state index in [2.05, 4.69) is 4.72 Å². The molecule has 0 spiro atoms. The molecule has 0 unspecified atom stereocenters. The minimum atomic E-state index is -3.96. The summed E-state index contributed by atoms with van der Waals surface area (Å²) in [7, 11) is -3.96. The molecule has 9 heteroatoms. The Morgan fingerprint density at radius 3 is 2.30 bits per heavy atom. The van der Waals surface area contributed by atoms with Crippen LogP contribution in [0.2, 0.25) is 0 Å². The third kappa shape index (κ3) is 5.04. The summed E-state index contributed by atoms with van der Waals surface area (Å²) >= 11 is 0. The van der Waals surface area contributed by atoms with Crippen LogP contribution >= 0.6 is 0 Å². The predicted molar refractivity (Wildman–Crippen MR) is 103 cm³/mol. The van der Waals surface area contributed by atoms with Crippen molar-refractivity contribution < 1.29 is 18.1 Å². The number of nitrogens with one attached hydrogen (secondary N) is 1. The summed E-state index contributed by atoms with van der Waals surface area (Å²) in [6.07, 6.45) is 0. The highest BCUT2D eigenvalue weighted by molar-refractivity contribution is 7.91. The second-order valence-electron chi connectivity index (χ2n) is 5.77. The van der Waals surface area contributed by atoms with Gasteiger partial charge < -0.3 is 4.90 Å². The van der Waals surface area contributed by atoms with Gasteiger partial charge in [0.25, 0.3) is 11.6 Å². The van der Waals surface area contributed by atoms with Crippen molar-refractivity contribution >= 4 is 27.3 Å². The third-order valence-corrected chi connectivity index (χ3v) is 5.23. The molecule has 0 aliphatic rings. The summed E-state index contributed by atoms with van der Waals surface area (Å²) in [6, 6.07) is 12.0. The second-order valence-corrected chi connectivity index (χ2v) is 7.49.